The summed E-state index contributed by atoms with van der Waals surface area (Å²) in [5.74, 6) is 0.661. The van der Waals surface area contributed by atoms with E-state index in [2.05, 4.69) is 21.1 Å². The van der Waals surface area contributed by atoms with Crippen molar-refractivity contribution in [2.24, 2.45) is 10.2 Å². The van der Waals surface area contributed by atoms with Gasteiger partial charge in [-0.15, -0.1) is 17.0 Å². The van der Waals surface area contributed by atoms with Gasteiger partial charge in [0.25, 0.3) is 0 Å². The number of ether oxygens (including phenoxy) is 2. The van der Waals surface area contributed by atoms with E-state index in [4.69, 9.17) is 61.3 Å². The van der Waals surface area contributed by atoms with Crippen LogP contribution in [0.4, 0.5) is 0 Å². The maximum Gasteiger partial charge on any atom is 0.230 e. The van der Waals surface area contributed by atoms with Crippen LogP contribution in [0.2, 0.25) is 20.1 Å². The van der Waals surface area contributed by atoms with Crippen LogP contribution in [0.5, 0.6) is 11.5 Å². The molecule has 3 N–H and O–H groups in total. The van der Waals surface area contributed by atoms with Crippen molar-refractivity contribution in [3.63, 3.8) is 0 Å². The predicted octanol–water partition coefficient (Wildman–Crippen LogP) is 6.16. The molecule has 0 bridgehead atoms. The molecule has 0 aliphatic heterocycles. The van der Waals surface area contributed by atoms with E-state index in [1.807, 2.05) is 13.8 Å². The summed E-state index contributed by atoms with van der Waals surface area (Å²) in [5, 5.41) is 17.1. The maximum absolute atomic E-state index is 7.84. The first-order valence-corrected chi connectivity index (χ1v) is 10.3. The van der Waals surface area contributed by atoms with Gasteiger partial charge in [-0.2, -0.15) is 10.2 Å². The molecule has 12 heteroatoms. The monoisotopic (exact) mass is 569 g/mol. The standard InChI is InChI=1S/C19H19Cl4N5O2.BrH/c1-3-29-17-11(5-7-13(20)15(17)22)9-25-27-19(24)28-26-10-12-6-8-14(21)16(23)18(12)30-4-2;/h5-10H,3-4H2,1-2H3,(H3,24,27,28);1H/b25-9+,26-10+;. The van der Waals surface area contributed by atoms with Gasteiger partial charge in [-0.1, -0.05) is 46.4 Å². The van der Waals surface area contributed by atoms with Gasteiger partial charge in [0.05, 0.1) is 35.7 Å². The molecular weight excluding hydrogens is 552 g/mol. The summed E-state index contributed by atoms with van der Waals surface area (Å²) in [6.45, 7) is 4.50. The van der Waals surface area contributed by atoms with Crippen molar-refractivity contribution in [1.29, 1.82) is 5.41 Å². The van der Waals surface area contributed by atoms with Gasteiger partial charge in [-0.3, -0.25) is 5.41 Å². The number of guanidine groups is 1. The quantitative estimate of drug-likeness (QED) is 0.201. The molecule has 168 valence electrons. The molecule has 2 aromatic carbocycles. The van der Waals surface area contributed by atoms with Crippen molar-refractivity contribution >= 4 is 81.8 Å². The van der Waals surface area contributed by atoms with Crippen LogP contribution in [0.15, 0.2) is 34.5 Å². The van der Waals surface area contributed by atoms with Crippen molar-refractivity contribution < 1.29 is 9.47 Å². The minimum atomic E-state index is -0.168. The van der Waals surface area contributed by atoms with Crippen LogP contribution in [-0.2, 0) is 0 Å². The van der Waals surface area contributed by atoms with E-state index in [9.17, 15) is 0 Å². The summed E-state index contributed by atoms with van der Waals surface area (Å²) < 4.78 is 11.0. The van der Waals surface area contributed by atoms with Gasteiger partial charge in [0, 0.05) is 11.1 Å². The summed E-state index contributed by atoms with van der Waals surface area (Å²) in [6, 6.07) is 6.68. The minimum Gasteiger partial charge on any atom is -0.492 e. The number of hydrazone groups is 2. The Bertz CT molecular complexity index is 897. The first-order valence-electron chi connectivity index (χ1n) is 8.77. The summed E-state index contributed by atoms with van der Waals surface area (Å²) in [4.78, 5) is 0. The Labute approximate surface area is 211 Å². The third kappa shape index (κ3) is 7.73. The summed E-state index contributed by atoms with van der Waals surface area (Å²) in [5.41, 5.74) is 6.21. The largest absolute Gasteiger partial charge is 0.492 e. The Morgan fingerprint density at radius 3 is 1.58 bits per heavy atom. The highest BCUT2D eigenvalue weighted by atomic mass is 79.9. The highest BCUT2D eigenvalue weighted by Gasteiger charge is 2.11. The van der Waals surface area contributed by atoms with Crippen molar-refractivity contribution in [3.05, 3.63) is 55.5 Å². The molecule has 2 aromatic rings. The lowest BCUT2D eigenvalue weighted by atomic mass is 10.2. The molecule has 0 amide bonds. The third-order valence-corrected chi connectivity index (χ3v) is 5.07. The number of hydrogen-bond donors (Lipinski definition) is 3. The molecule has 0 aliphatic rings. The van der Waals surface area contributed by atoms with Crippen molar-refractivity contribution in [1.82, 2.24) is 10.9 Å². The molecule has 31 heavy (non-hydrogen) atoms. The zero-order valence-corrected chi connectivity index (χ0v) is 21.2. The number of nitrogens with one attached hydrogen (secondary N) is 3. The van der Waals surface area contributed by atoms with Gasteiger partial charge in [0.1, 0.15) is 21.5 Å². The minimum absolute atomic E-state index is 0. The second kappa shape index (κ2) is 13.6. The Hall–Kier alpha value is -1.71. The fourth-order valence-corrected chi connectivity index (χ4v) is 2.99. The SMILES string of the molecule is Br.CCOc1c(/C=N/NC(=N)N/N=C/c2ccc(Cl)c(Cl)c2OCC)ccc(Cl)c1Cl. The average Bonchev–Trinajstić information content (AvgIpc) is 2.72. The molecule has 2 rings (SSSR count). The van der Waals surface area contributed by atoms with Gasteiger partial charge in [0.15, 0.2) is 0 Å². The maximum atomic E-state index is 7.84. The van der Waals surface area contributed by atoms with Crippen LogP contribution in [0, 0.1) is 5.41 Å². The van der Waals surface area contributed by atoms with Crippen LogP contribution in [0.1, 0.15) is 25.0 Å². The Kier molecular flexibility index (Phi) is 12.0. The number of halogens is 5. The molecule has 0 aromatic heterocycles. The third-order valence-electron chi connectivity index (χ3n) is 3.50. The average molecular weight is 572 g/mol. The molecule has 0 aliphatic carbocycles. The Morgan fingerprint density at radius 1 is 0.839 bits per heavy atom. The molecule has 0 saturated heterocycles. The smallest absolute Gasteiger partial charge is 0.230 e. The first kappa shape index (κ1) is 27.3. The Balaban J connectivity index is 0.00000480. The molecule has 0 atom stereocenters. The predicted molar refractivity (Wildman–Crippen MR) is 135 cm³/mol. The van der Waals surface area contributed by atoms with E-state index in [-0.39, 0.29) is 22.9 Å². The molecular formula is C19H20BrCl4N5O2. The molecule has 0 heterocycles. The van der Waals surface area contributed by atoms with E-state index in [1.165, 1.54) is 12.4 Å². The number of nitrogens with zero attached hydrogens (tertiary/aromatic N) is 2. The second-order valence-corrected chi connectivity index (χ2v) is 7.11. The van der Waals surface area contributed by atoms with Gasteiger partial charge in [0.2, 0.25) is 5.96 Å². The van der Waals surface area contributed by atoms with Crippen molar-refractivity contribution in [2.45, 2.75) is 13.8 Å². The molecule has 0 saturated carbocycles. The van der Waals surface area contributed by atoms with Gasteiger partial charge in [-0.25, -0.2) is 10.9 Å². The second-order valence-electron chi connectivity index (χ2n) is 5.54. The van der Waals surface area contributed by atoms with Crippen LogP contribution in [0.3, 0.4) is 0 Å². The number of hydrogen-bond acceptors (Lipinski definition) is 5. The van der Waals surface area contributed by atoms with Gasteiger partial charge in [-0.05, 0) is 38.1 Å². The lowest BCUT2D eigenvalue weighted by molar-refractivity contribution is 0.340. The van der Waals surface area contributed by atoms with E-state index < -0.39 is 0 Å². The first-order chi connectivity index (χ1) is 14.4. The molecule has 0 radical (unpaired) electrons. The lowest BCUT2D eigenvalue weighted by Gasteiger charge is -2.10. The fraction of sp³-hybridized carbons (Fsp3) is 0.211. The van der Waals surface area contributed by atoms with Crippen LogP contribution < -0.4 is 20.3 Å². The molecule has 0 unspecified atom stereocenters. The normalized spacial score (nSPS) is 10.8. The van der Waals surface area contributed by atoms with E-state index >= 15 is 0 Å². The van der Waals surface area contributed by atoms with Gasteiger partial charge >= 0.3 is 0 Å². The molecule has 7 nitrogen and oxygen atoms in total. The van der Waals surface area contributed by atoms with E-state index in [0.717, 1.165) is 0 Å². The van der Waals surface area contributed by atoms with Crippen LogP contribution in [0.25, 0.3) is 0 Å². The Morgan fingerprint density at radius 2 is 1.23 bits per heavy atom. The zero-order valence-electron chi connectivity index (χ0n) is 16.5. The molecule has 0 fully saturated rings. The lowest BCUT2D eigenvalue weighted by Crippen LogP contribution is -2.29. The van der Waals surface area contributed by atoms with Crippen molar-refractivity contribution in [2.75, 3.05) is 13.2 Å². The zero-order chi connectivity index (χ0) is 22.1. The molecule has 0 spiro atoms. The highest BCUT2D eigenvalue weighted by Crippen LogP contribution is 2.35. The van der Waals surface area contributed by atoms with Crippen LogP contribution >= 0.6 is 63.4 Å². The van der Waals surface area contributed by atoms with E-state index in [0.29, 0.717) is 55.9 Å². The van der Waals surface area contributed by atoms with Gasteiger partial charge < -0.3 is 9.47 Å². The summed E-state index contributed by atoms with van der Waals surface area (Å²) in [6.07, 6.45) is 2.92. The van der Waals surface area contributed by atoms with E-state index in [1.54, 1.807) is 24.3 Å². The number of benzene rings is 2. The van der Waals surface area contributed by atoms with Crippen LogP contribution in [-0.4, -0.2) is 31.6 Å². The summed E-state index contributed by atoms with van der Waals surface area (Å²) >= 11 is 24.3. The van der Waals surface area contributed by atoms with Crippen molar-refractivity contribution in [3.8, 4) is 11.5 Å². The number of rotatable bonds is 8. The summed E-state index contributed by atoms with van der Waals surface area (Å²) in [7, 11) is 0. The highest BCUT2D eigenvalue weighted by molar-refractivity contribution is 8.93. The topological polar surface area (TPSA) is 91.1 Å². The fourth-order valence-electron chi connectivity index (χ4n) is 2.24.